The third-order valence-electron chi connectivity index (χ3n) is 15.7. The molecule has 0 unspecified atom stereocenters. The van der Waals surface area contributed by atoms with E-state index in [1.54, 1.807) is 17.9 Å². The number of likely N-dealkylation sites (tertiary alicyclic amines) is 2. The first-order valence-electron chi connectivity index (χ1n) is 21.5. The molecule has 5 amide bonds. The lowest BCUT2D eigenvalue weighted by Crippen LogP contribution is -2.63. The lowest BCUT2D eigenvalue weighted by Gasteiger charge is -2.38. The fourth-order valence-corrected chi connectivity index (χ4v) is 12.3. The van der Waals surface area contributed by atoms with Gasteiger partial charge < -0.3 is 20.9 Å². The molecule has 4 aliphatic carbocycles. The Hall–Kier alpha value is -3.04. The molecule has 0 aromatic heterocycles. The van der Waals surface area contributed by atoms with Gasteiger partial charge in [-0.3, -0.25) is 28.9 Å². The van der Waals surface area contributed by atoms with Gasteiger partial charge in [0.1, 0.15) is 23.7 Å². The van der Waals surface area contributed by atoms with E-state index in [9.17, 15) is 27.6 Å². The summed E-state index contributed by atoms with van der Waals surface area (Å²) >= 11 is 0. The van der Waals surface area contributed by atoms with Crippen LogP contribution in [0, 0.1) is 33.5 Å². The van der Waals surface area contributed by atoms with Crippen LogP contribution in [0.15, 0.2) is 12.7 Å². The number of hydrogen-bond donors (Lipinski definition) is 4. The van der Waals surface area contributed by atoms with Gasteiger partial charge in [0.25, 0.3) is 5.91 Å². The minimum Gasteiger partial charge on any atom is -0.343 e. The quantitative estimate of drug-likeness (QED) is 0.205. The van der Waals surface area contributed by atoms with Gasteiger partial charge in [0, 0.05) is 31.5 Å². The Kier molecular flexibility index (Phi) is 11.9. The predicted molar refractivity (Wildman–Crippen MR) is 217 cm³/mol. The van der Waals surface area contributed by atoms with Crippen LogP contribution in [0.1, 0.15) is 125 Å². The van der Waals surface area contributed by atoms with Crippen LogP contribution < -0.4 is 20.7 Å². The zero-order valence-electron chi connectivity index (χ0n) is 35.7. The van der Waals surface area contributed by atoms with Crippen LogP contribution in [0.2, 0.25) is 0 Å². The number of likely N-dealkylation sites (N-methyl/N-ethyl adjacent to an activating group) is 1. The summed E-state index contributed by atoms with van der Waals surface area (Å²) in [6.45, 7) is 16.9. The van der Waals surface area contributed by atoms with Gasteiger partial charge in [-0.15, -0.1) is 6.58 Å². The number of nitrogens with one attached hydrogen (secondary N) is 4. The van der Waals surface area contributed by atoms with E-state index in [-0.39, 0.29) is 58.9 Å². The molecule has 2 aliphatic heterocycles. The minimum absolute atomic E-state index is 0.0201. The van der Waals surface area contributed by atoms with Crippen molar-refractivity contribution in [3.05, 3.63) is 12.7 Å². The summed E-state index contributed by atoms with van der Waals surface area (Å²) in [5, 5.41) is 9.20. The normalized spacial score (nSPS) is 31.9. The van der Waals surface area contributed by atoms with Crippen LogP contribution in [-0.2, 0) is 34.2 Å². The highest BCUT2D eigenvalue weighted by atomic mass is 32.2. The van der Waals surface area contributed by atoms with Crippen molar-refractivity contribution in [3.63, 3.8) is 0 Å². The van der Waals surface area contributed by atoms with E-state index in [4.69, 9.17) is 0 Å². The average molecular weight is 816 g/mol. The maximum atomic E-state index is 15.2. The van der Waals surface area contributed by atoms with Crippen LogP contribution >= 0.6 is 0 Å². The Morgan fingerprint density at radius 1 is 0.895 bits per heavy atom. The zero-order chi connectivity index (χ0) is 41.9. The third kappa shape index (κ3) is 7.44. The predicted octanol–water partition coefficient (Wildman–Crippen LogP) is 3.24. The van der Waals surface area contributed by atoms with Crippen molar-refractivity contribution in [3.8, 4) is 0 Å². The lowest BCUT2D eigenvalue weighted by atomic mass is 9.73. The van der Waals surface area contributed by atoms with E-state index in [1.807, 2.05) is 32.7 Å². The third-order valence-corrected chi connectivity index (χ3v) is 17.2. The molecule has 6 fully saturated rings. The van der Waals surface area contributed by atoms with Crippen molar-refractivity contribution in [1.29, 1.82) is 0 Å². The molecule has 2 heterocycles. The first-order valence-corrected chi connectivity index (χ1v) is 22.9. The van der Waals surface area contributed by atoms with Gasteiger partial charge in [-0.1, -0.05) is 79.7 Å². The maximum Gasteiger partial charge on any atom is 0.303 e. The SMILES string of the molecule is C=C[C@@H]1C[C@]1(NC(=O)[C@@H]1C[C@@]2(CN1C(=O)[C@@H](NC(=O)[C@@H](NC(=O)[C@@H]1CCCCN1C)C1CCCCC1)C(C)(C)C)C(C)(C)C21CCC1)C(=O)NS(=O)(=O)N(C)CC. The van der Waals surface area contributed by atoms with Gasteiger partial charge >= 0.3 is 10.2 Å². The second-order valence-electron chi connectivity index (χ2n) is 19.9. The second kappa shape index (κ2) is 15.5. The number of carbonyl (C=O) groups is 5. The van der Waals surface area contributed by atoms with E-state index < -0.39 is 57.0 Å². The molecule has 4 N–H and O–H groups in total. The van der Waals surface area contributed by atoms with E-state index >= 15 is 4.79 Å². The number of carbonyl (C=O) groups excluding carboxylic acids is 5. The molecule has 15 heteroatoms. The molecule has 6 aliphatic rings. The van der Waals surface area contributed by atoms with E-state index in [0.29, 0.717) is 13.0 Å². The fourth-order valence-electron chi connectivity index (χ4n) is 11.4. The van der Waals surface area contributed by atoms with Crippen LogP contribution in [-0.4, -0.2) is 115 Å². The topological polar surface area (TPSA) is 177 Å². The highest BCUT2D eigenvalue weighted by molar-refractivity contribution is 7.87. The number of rotatable bonds is 13. The standard InChI is InChI=1S/C42H69N7O7S/c1-10-28-24-42(28,37(54)46-57(55,56)48(9)11-2)45-34(51)30-25-41(39(6,7)40(41)21-17-22-40)26-49(30)36(53)32(38(3,4)5)44-35(52)31(27-18-13-12-14-19-27)43-33(50)29-20-15-16-23-47(29)8/h10,27-32H,1,11-26H2,2-9H3,(H,43,50)(H,44,52)(H,45,51)(H,46,54)/t28-,29+,30+,31+,32-,41-,42-/m1/s1. The maximum absolute atomic E-state index is 15.2. The highest BCUT2D eigenvalue weighted by Crippen LogP contribution is 2.88. The Morgan fingerprint density at radius 2 is 1.54 bits per heavy atom. The Balaban J connectivity index is 1.28. The van der Waals surface area contributed by atoms with Gasteiger partial charge in [-0.25, -0.2) is 4.72 Å². The number of piperidine rings is 1. The molecule has 7 atom stereocenters. The molecule has 0 aromatic carbocycles. The van der Waals surface area contributed by atoms with Gasteiger partial charge in [0.15, 0.2) is 0 Å². The van der Waals surface area contributed by atoms with Crippen molar-refractivity contribution >= 4 is 39.7 Å². The molecule has 4 saturated carbocycles. The minimum atomic E-state index is -4.16. The van der Waals surface area contributed by atoms with Crippen molar-refractivity contribution in [1.82, 2.24) is 34.8 Å². The van der Waals surface area contributed by atoms with Gasteiger partial charge in [0.2, 0.25) is 23.6 Å². The van der Waals surface area contributed by atoms with E-state index in [0.717, 1.165) is 81.5 Å². The van der Waals surface area contributed by atoms with Crippen molar-refractivity contribution in [2.45, 2.75) is 155 Å². The molecule has 2 saturated heterocycles. The molecule has 2 spiro atoms. The van der Waals surface area contributed by atoms with E-state index in [1.165, 1.54) is 7.05 Å². The Morgan fingerprint density at radius 3 is 2.07 bits per heavy atom. The molecular formula is C42H69N7O7S. The summed E-state index contributed by atoms with van der Waals surface area (Å²) in [7, 11) is -0.851. The monoisotopic (exact) mass is 815 g/mol. The van der Waals surface area contributed by atoms with Gasteiger partial charge in [0.05, 0.1) is 6.04 Å². The summed E-state index contributed by atoms with van der Waals surface area (Å²) in [4.78, 5) is 75.6. The van der Waals surface area contributed by atoms with Crippen LogP contribution in [0.25, 0.3) is 0 Å². The van der Waals surface area contributed by atoms with Crippen molar-refractivity contribution in [2.24, 2.45) is 33.5 Å². The van der Waals surface area contributed by atoms with Gasteiger partial charge in [-0.05, 0) is 87.1 Å². The number of amides is 5. The number of nitrogens with zero attached hydrogens (tertiary/aromatic N) is 3. The molecule has 14 nitrogen and oxygen atoms in total. The molecule has 0 aromatic rings. The van der Waals surface area contributed by atoms with Crippen LogP contribution in [0.3, 0.4) is 0 Å². The summed E-state index contributed by atoms with van der Waals surface area (Å²) in [6.07, 6.45) is 12.5. The van der Waals surface area contributed by atoms with Gasteiger partial charge in [-0.2, -0.15) is 12.7 Å². The molecule has 6 rings (SSSR count). The molecule has 0 radical (unpaired) electrons. The largest absolute Gasteiger partial charge is 0.343 e. The molecule has 320 valence electrons. The summed E-state index contributed by atoms with van der Waals surface area (Å²) in [5.74, 6) is -2.87. The first-order chi connectivity index (χ1) is 26.6. The molecule has 57 heavy (non-hydrogen) atoms. The summed E-state index contributed by atoms with van der Waals surface area (Å²) < 4.78 is 29.0. The van der Waals surface area contributed by atoms with Crippen molar-refractivity contribution < 1.29 is 32.4 Å². The Bertz CT molecular complexity index is 1730. The smallest absolute Gasteiger partial charge is 0.303 e. The zero-order valence-corrected chi connectivity index (χ0v) is 36.5. The summed E-state index contributed by atoms with van der Waals surface area (Å²) in [5.41, 5.74) is -2.81. The molecular weight excluding hydrogens is 747 g/mol. The van der Waals surface area contributed by atoms with Crippen LogP contribution in [0.5, 0.6) is 0 Å². The fraction of sp³-hybridized carbons (Fsp3) is 0.833. The summed E-state index contributed by atoms with van der Waals surface area (Å²) in [6, 6.07) is -3.10. The average Bonchev–Trinajstić information content (AvgIpc) is 3.87. The second-order valence-corrected chi connectivity index (χ2v) is 21.6. The number of fused-ring (bicyclic) bond motifs is 1. The Labute approximate surface area is 340 Å². The number of hydrogen-bond acceptors (Lipinski definition) is 8. The lowest BCUT2D eigenvalue weighted by molar-refractivity contribution is -0.145. The molecule has 0 bridgehead atoms. The van der Waals surface area contributed by atoms with Crippen molar-refractivity contribution in [2.75, 3.05) is 33.7 Å². The first kappa shape index (κ1) is 43.5. The van der Waals surface area contributed by atoms with E-state index in [2.05, 4.69) is 41.1 Å². The van der Waals surface area contributed by atoms with Crippen LogP contribution in [0.4, 0.5) is 0 Å². The highest BCUT2D eigenvalue weighted by Gasteiger charge is 2.85.